The number of benzene rings is 1. The molecule has 14 heavy (non-hydrogen) atoms. The van der Waals surface area contributed by atoms with Crippen molar-refractivity contribution in [1.82, 2.24) is 0 Å². The van der Waals surface area contributed by atoms with Crippen molar-refractivity contribution in [1.29, 1.82) is 0 Å². The Kier molecular flexibility index (Phi) is 4.32. The van der Waals surface area contributed by atoms with Crippen LogP contribution in [0.4, 0.5) is 11.4 Å². The molecule has 0 saturated heterocycles. The van der Waals surface area contributed by atoms with E-state index in [4.69, 9.17) is 0 Å². The number of hydrogen-bond donors (Lipinski definition) is 3. The van der Waals surface area contributed by atoms with Crippen molar-refractivity contribution in [2.45, 2.75) is 6.92 Å². The summed E-state index contributed by atoms with van der Waals surface area (Å²) in [5.74, 6) is 0.723. The van der Waals surface area contributed by atoms with Gasteiger partial charge < -0.3 is 10.6 Å². The van der Waals surface area contributed by atoms with Gasteiger partial charge in [-0.2, -0.15) is 12.6 Å². The molecule has 0 aliphatic heterocycles. The van der Waals surface area contributed by atoms with Gasteiger partial charge in [0.15, 0.2) is 0 Å². The lowest BCUT2D eigenvalue weighted by Crippen LogP contribution is -2.07. The summed E-state index contributed by atoms with van der Waals surface area (Å²) in [6.45, 7) is 2.31. The lowest BCUT2D eigenvalue weighted by molar-refractivity contribution is -0.114. The summed E-state index contributed by atoms with van der Waals surface area (Å²) in [7, 11) is 0. The first-order valence-electron chi connectivity index (χ1n) is 4.45. The zero-order valence-electron chi connectivity index (χ0n) is 8.08. The van der Waals surface area contributed by atoms with Gasteiger partial charge in [-0.25, -0.2) is 0 Å². The second kappa shape index (κ2) is 5.54. The number of thiol groups is 1. The molecule has 3 nitrogen and oxygen atoms in total. The van der Waals surface area contributed by atoms with Crippen LogP contribution in [-0.2, 0) is 4.79 Å². The highest BCUT2D eigenvalue weighted by molar-refractivity contribution is 7.80. The van der Waals surface area contributed by atoms with Crippen LogP contribution >= 0.6 is 12.6 Å². The predicted molar refractivity (Wildman–Crippen MR) is 63.1 cm³/mol. The van der Waals surface area contributed by atoms with E-state index < -0.39 is 0 Å². The number of carbonyl (C=O) groups is 1. The smallest absolute Gasteiger partial charge is 0.221 e. The van der Waals surface area contributed by atoms with Gasteiger partial charge in [-0.05, 0) is 18.2 Å². The molecule has 0 aromatic heterocycles. The highest BCUT2D eigenvalue weighted by Crippen LogP contribution is 2.14. The van der Waals surface area contributed by atoms with Gasteiger partial charge >= 0.3 is 0 Å². The maximum Gasteiger partial charge on any atom is 0.221 e. The van der Waals surface area contributed by atoms with Gasteiger partial charge in [0.2, 0.25) is 5.91 Å². The van der Waals surface area contributed by atoms with Crippen LogP contribution in [0, 0.1) is 0 Å². The summed E-state index contributed by atoms with van der Waals surface area (Å²) >= 11 is 4.10. The summed E-state index contributed by atoms with van der Waals surface area (Å²) in [4.78, 5) is 10.8. The quantitative estimate of drug-likeness (QED) is 0.665. The predicted octanol–water partition coefficient (Wildman–Crippen LogP) is 1.99. The summed E-state index contributed by atoms with van der Waals surface area (Å²) in [6.07, 6.45) is 0. The monoisotopic (exact) mass is 210 g/mol. The number of anilines is 2. The minimum Gasteiger partial charge on any atom is -0.384 e. The first-order valence-corrected chi connectivity index (χ1v) is 5.08. The third-order valence-corrected chi connectivity index (χ3v) is 1.85. The molecule has 1 aromatic rings. The standard InChI is InChI=1S/C10H14N2OS/c1-8(13)12-10-4-2-3-9(7-10)11-5-6-14/h2-4,7,11,14H,5-6H2,1H3,(H,12,13). The zero-order valence-corrected chi connectivity index (χ0v) is 8.97. The van der Waals surface area contributed by atoms with Gasteiger partial charge in [-0.15, -0.1) is 0 Å². The molecule has 0 aliphatic rings. The third kappa shape index (κ3) is 3.70. The molecule has 2 N–H and O–H groups in total. The second-order valence-corrected chi connectivity index (χ2v) is 3.36. The summed E-state index contributed by atoms with van der Waals surface area (Å²) in [5.41, 5.74) is 1.80. The molecule has 4 heteroatoms. The van der Waals surface area contributed by atoms with E-state index in [1.54, 1.807) is 0 Å². The van der Waals surface area contributed by atoms with E-state index in [1.165, 1.54) is 6.92 Å². The van der Waals surface area contributed by atoms with E-state index in [9.17, 15) is 4.79 Å². The lowest BCUT2D eigenvalue weighted by Gasteiger charge is -2.07. The Hall–Kier alpha value is -1.16. The Morgan fingerprint density at radius 2 is 2.14 bits per heavy atom. The van der Waals surface area contributed by atoms with Crippen LogP contribution in [0.2, 0.25) is 0 Å². The minimum atomic E-state index is -0.0589. The number of carbonyl (C=O) groups excluding carboxylic acids is 1. The van der Waals surface area contributed by atoms with Crippen LogP contribution in [0.25, 0.3) is 0 Å². The van der Waals surface area contributed by atoms with Gasteiger partial charge in [0.25, 0.3) is 0 Å². The van der Waals surface area contributed by atoms with Crippen molar-refractivity contribution in [2.24, 2.45) is 0 Å². The molecule has 1 amide bonds. The molecule has 0 unspecified atom stereocenters. The van der Waals surface area contributed by atoms with Crippen molar-refractivity contribution in [3.63, 3.8) is 0 Å². The van der Waals surface area contributed by atoms with E-state index >= 15 is 0 Å². The van der Waals surface area contributed by atoms with E-state index in [0.717, 1.165) is 23.7 Å². The van der Waals surface area contributed by atoms with Crippen molar-refractivity contribution in [2.75, 3.05) is 22.9 Å². The number of hydrogen-bond acceptors (Lipinski definition) is 3. The van der Waals surface area contributed by atoms with Crippen LogP contribution in [0.5, 0.6) is 0 Å². The summed E-state index contributed by atoms with van der Waals surface area (Å²) in [5, 5.41) is 5.90. The van der Waals surface area contributed by atoms with Crippen LogP contribution in [-0.4, -0.2) is 18.2 Å². The van der Waals surface area contributed by atoms with Gasteiger partial charge in [0.05, 0.1) is 0 Å². The molecule has 0 fully saturated rings. The van der Waals surface area contributed by atoms with E-state index in [1.807, 2.05) is 24.3 Å². The fraction of sp³-hybridized carbons (Fsp3) is 0.300. The molecule has 0 aliphatic carbocycles. The molecule has 76 valence electrons. The van der Waals surface area contributed by atoms with Gasteiger partial charge in [0.1, 0.15) is 0 Å². The Bertz CT molecular complexity index is 315. The highest BCUT2D eigenvalue weighted by Gasteiger charge is 1.96. The van der Waals surface area contributed by atoms with Crippen LogP contribution < -0.4 is 10.6 Å². The summed E-state index contributed by atoms with van der Waals surface area (Å²) in [6, 6.07) is 7.60. The maximum absolute atomic E-state index is 10.8. The molecule has 0 bridgehead atoms. The largest absolute Gasteiger partial charge is 0.384 e. The number of rotatable bonds is 4. The van der Waals surface area contributed by atoms with E-state index in [0.29, 0.717) is 0 Å². The molecular weight excluding hydrogens is 196 g/mol. The molecule has 0 atom stereocenters. The van der Waals surface area contributed by atoms with Crippen molar-refractivity contribution in [3.8, 4) is 0 Å². The number of nitrogens with one attached hydrogen (secondary N) is 2. The average molecular weight is 210 g/mol. The third-order valence-electron chi connectivity index (χ3n) is 1.62. The normalized spacial score (nSPS) is 9.57. The van der Waals surface area contributed by atoms with Crippen molar-refractivity contribution in [3.05, 3.63) is 24.3 Å². The molecule has 1 aromatic carbocycles. The SMILES string of the molecule is CC(=O)Nc1cccc(NCCS)c1. The maximum atomic E-state index is 10.8. The zero-order chi connectivity index (χ0) is 10.4. The number of amides is 1. The first-order chi connectivity index (χ1) is 6.72. The first kappa shape index (κ1) is 10.9. The Morgan fingerprint density at radius 3 is 2.79 bits per heavy atom. The summed E-state index contributed by atoms with van der Waals surface area (Å²) < 4.78 is 0. The molecule has 0 saturated carbocycles. The highest BCUT2D eigenvalue weighted by atomic mass is 32.1. The van der Waals surface area contributed by atoms with Gasteiger partial charge in [-0.3, -0.25) is 4.79 Å². The van der Waals surface area contributed by atoms with Gasteiger partial charge in [-0.1, -0.05) is 6.07 Å². The molecule has 0 spiro atoms. The molecular formula is C10H14N2OS. The second-order valence-electron chi connectivity index (χ2n) is 2.91. The molecule has 0 heterocycles. The van der Waals surface area contributed by atoms with Crippen LogP contribution in [0.15, 0.2) is 24.3 Å². The Balaban J connectivity index is 2.63. The van der Waals surface area contributed by atoms with Crippen molar-refractivity contribution < 1.29 is 4.79 Å². The minimum absolute atomic E-state index is 0.0589. The average Bonchev–Trinajstić information content (AvgIpc) is 2.14. The molecule has 0 radical (unpaired) electrons. The van der Waals surface area contributed by atoms with E-state index in [2.05, 4.69) is 23.3 Å². The van der Waals surface area contributed by atoms with E-state index in [-0.39, 0.29) is 5.91 Å². The Labute approximate surface area is 89.3 Å². The van der Waals surface area contributed by atoms with Crippen LogP contribution in [0.3, 0.4) is 0 Å². The van der Waals surface area contributed by atoms with Gasteiger partial charge in [0, 0.05) is 30.6 Å². The lowest BCUT2D eigenvalue weighted by atomic mass is 10.2. The fourth-order valence-electron chi connectivity index (χ4n) is 1.11. The topological polar surface area (TPSA) is 41.1 Å². The Morgan fingerprint density at radius 1 is 1.43 bits per heavy atom. The fourth-order valence-corrected chi connectivity index (χ4v) is 1.22. The van der Waals surface area contributed by atoms with Crippen molar-refractivity contribution >= 4 is 29.9 Å². The van der Waals surface area contributed by atoms with Crippen LogP contribution in [0.1, 0.15) is 6.92 Å². The molecule has 1 rings (SSSR count).